The first-order chi connectivity index (χ1) is 16.2. The minimum Gasteiger partial charge on any atom is -0.431 e. The summed E-state index contributed by atoms with van der Waals surface area (Å²) in [6, 6.07) is 5.79. The van der Waals surface area contributed by atoms with Gasteiger partial charge in [0.15, 0.2) is 11.6 Å². The molecular weight excluding hydrogens is 444 g/mol. The van der Waals surface area contributed by atoms with Crippen LogP contribution in [0.5, 0.6) is 0 Å². The number of ether oxygens (including phenoxy) is 5. The smallest absolute Gasteiger partial charge is 0.431 e. The van der Waals surface area contributed by atoms with E-state index >= 15 is 0 Å². The van der Waals surface area contributed by atoms with E-state index < -0.39 is 35.9 Å². The van der Waals surface area contributed by atoms with E-state index in [0.29, 0.717) is 17.0 Å². The van der Waals surface area contributed by atoms with Crippen LogP contribution in [0.4, 0.5) is 10.6 Å². The minimum absolute atomic E-state index is 0.0796. The van der Waals surface area contributed by atoms with E-state index in [2.05, 4.69) is 21.1 Å². The molecule has 0 spiro atoms. The van der Waals surface area contributed by atoms with Gasteiger partial charge in [-0.15, -0.1) is 0 Å². The van der Waals surface area contributed by atoms with Gasteiger partial charge < -0.3 is 28.6 Å². The zero-order valence-electron chi connectivity index (χ0n) is 19.4. The van der Waals surface area contributed by atoms with Gasteiger partial charge in [0.1, 0.15) is 48.9 Å². The first kappa shape index (κ1) is 22.5. The molecule has 3 fully saturated rings. The number of aromatic nitrogens is 3. The largest absolute Gasteiger partial charge is 0.508 e. The highest BCUT2D eigenvalue weighted by atomic mass is 16.8. The average molecular weight is 470 g/mol. The first-order valence-electron chi connectivity index (χ1n) is 11.0. The third-order valence-corrected chi connectivity index (χ3v) is 5.78. The Balaban J connectivity index is 1.49. The summed E-state index contributed by atoms with van der Waals surface area (Å²) >= 11 is 0. The molecule has 0 aromatic carbocycles. The standard InChI is InChI=1S/C22H26N6O6/c1-21(2)33-17-15(9-30-20(29)31-13-5-6-13)32-22(10-23,18(17)34-21)16-8-7-14-19(25-12-27(3)4)24-11-26-28(14)16/h7-8,11-13,15,17-18H,5-6,9H2,1-4H3/b25-12-/t15-,17-,18-,22+/m1/s1. The lowest BCUT2D eigenvalue weighted by molar-refractivity contribution is -0.205. The van der Waals surface area contributed by atoms with Crippen molar-refractivity contribution >= 4 is 23.8 Å². The molecule has 0 N–H and O–H groups in total. The minimum atomic E-state index is -1.57. The molecule has 4 atom stereocenters. The van der Waals surface area contributed by atoms with Gasteiger partial charge in [-0.05, 0) is 38.8 Å². The van der Waals surface area contributed by atoms with Crippen molar-refractivity contribution in [2.24, 2.45) is 4.99 Å². The van der Waals surface area contributed by atoms with Gasteiger partial charge in [-0.1, -0.05) is 0 Å². The van der Waals surface area contributed by atoms with E-state index in [-0.39, 0.29) is 12.7 Å². The number of hydrogen-bond acceptors (Lipinski definition) is 10. The second-order valence-corrected chi connectivity index (χ2v) is 9.21. The van der Waals surface area contributed by atoms with Crippen LogP contribution in [0.2, 0.25) is 0 Å². The van der Waals surface area contributed by atoms with Crippen LogP contribution in [0, 0.1) is 11.3 Å². The molecule has 2 aromatic heterocycles. The summed E-state index contributed by atoms with van der Waals surface area (Å²) in [5.41, 5.74) is -0.541. The van der Waals surface area contributed by atoms with E-state index in [1.54, 1.807) is 41.7 Å². The van der Waals surface area contributed by atoms with Gasteiger partial charge in [-0.2, -0.15) is 10.4 Å². The quantitative estimate of drug-likeness (QED) is 0.350. The summed E-state index contributed by atoms with van der Waals surface area (Å²) in [5.74, 6) is -0.527. The number of aliphatic imine (C=N–C) groups is 1. The lowest BCUT2D eigenvalue weighted by atomic mass is 9.92. The molecule has 0 bridgehead atoms. The molecule has 3 aliphatic rings. The van der Waals surface area contributed by atoms with E-state index in [1.165, 1.54) is 6.33 Å². The highest BCUT2D eigenvalue weighted by molar-refractivity contribution is 5.71. The molecule has 180 valence electrons. The number of carbonyl (C=O) groups is 1. The molecule has 2 saturated heterocycles. The number of nitriles is 1. The normalized spacial score (nSPS) is 29.8. The van der Waals surface area contributed by atoms with Crippen LogP contribution < -0.4 is 0 Å². The number of rotatable bonds is 6. The molecule has 34 heavy (non-hydrogen) atoms. The summed E-state index contributed by atoms with van der Waals surface area (Å²) < 4.78 is 30.4. The topological polar surface area (TPSA) is 133 Å². The Hall–Kier alpha value is -3.27. The van der Waals surface area contributed by atoms with E-state index in [1.807, 2.05) is 14.1 Å². The van der Waals surface area contributed by atoms with E-state index in [0.717, 1.165) is 12.8 Å². The Morgan fingerprint density at radius 2 is 2.15 bits per heavy atom. The second kappa shape index (κ2) is 8.19. The van der Waals surface area contributed by atoms with Crippen LogP contribution in [0.3, 0.4) is 0 Å². The molecule has 1 saturated carbocycles. The van der Waals surface area contributed by atoms with Crippen LogP contribution in [0.25, 0.3) is 5.52 Å². The maximum absolute atomic E-state index is 12.0. The Morgan fingerprint density at radius 3 is 2.85 bits per heavy atom. The van der Waals surface area contributed by atoms with Crippen molar-refractivity contribution in [2.45, 2.75) is 62.5 Å². The Kier molecular flexibility index (Phi) is 5.43. The van der Waals surface area contributed by atoms with Crippen molar-refractivity contribution < 1.29 is 28.5 Å². The third kappa shape index (κ3) is 3.96. The zero-order chi connectivity index (χ0) is 24.1. The third-order valence-electron chi connectivity index (χ3n) is 5.78. The van der Waals surface area contributed by atoms with Gasteiger partial charge in [0.05, 0.1) is 12.0 Å². The van der Waals surface area contributed by atoms with Gasteiger partial charge in [0.25, 0.3) is 0 Å². The van der Waals surface area contributed by atoms with E-state index in [4.69, 9.17) is 23.7 Å². The molecule has 0 radical (unpaired) electrons. The fraction of sp³-hybridized carbons (Fsp3) is 0.591. The van der Waals surface area contributed by atoms with Crippen LogP contribution >= 0.6 is 0 Å². The number of carbonyl (C=O) groups excluding carboxylic acids is 1. The molecule has 2 aromatic rings. The van der Waals surface area contributed by atoms with Gasteiger partial charge in [0, 0.05) is 14.1 Å². The summed E-state index contributed by atoms with van der Waals surface area (Å²) in [4.78, 5) is 22.4. The van der Waals surface area contributed by atoms with Gasteiger partial charge >= 0.3 is 6.16 Å². The highest BCUT2D eigenvalue weighted by Crippen LogP contribution is 2.49. The maximum atomic E-state index is 12.0. The van der Waals surface area contributed by atoms with Gasteiger partial charge in [-0.3, -0.25) is 0 Å². The van der Waals surface area contributed by atoms with Crippen molar-refractivity contribution in [1.29, 1.82) is 5.26 Å². The Labute approximate surface area is 196 Å². The predicted molar refractivity (Wildman–Crippen MR) is 116 cm³/mol. The van der Waals surface area contributed by atoms with Crippen LogP contribution in [-0.2, 0) is 29.3 Å². The number of fused-ring (bicyclic) bond motifs is 2. The molecule has 4 heterocycles. The summed E-state index contributed by atoms with van der Waals surface area (Å²) in [5, 5.41) is 14.7. The average Bonchev–Trinajstić information content (AvgIpc) is 3.27. The SMILES string of the molecule is CN(C)/C=N\c1ncnn2c([C@]3(C#N)O[C@H](COC(=O)OC4CC4)[C@H]4OC(C)(C)O[C@H]43)ccc12. The molecule has 12 heteroatoms. The molecule has 0 unspecified atom stereocenters. The van der Waals surface area contributed by atoms with Crippen molar-refractivity contribution in [1.82, 2.24) is 19.5 Å². The van der Waals surface area contributed by atoms with Gasteiger partial charge in [-0.25, -0.2) is 19.3 Å². The van der Waals surface area contributed by atoms with Crippen molar-refractivity contribution in [2.75, 3.05) is 20.7 Å². The summed E-state index contributed by atoms with van der Waals surface area (Å²) in [7, 11) is 3.70. The fourth-order valence-corrected chi connectivity index (χ4v) is 4.21. The monoisotopic (exact) mass is 470 g/mol. The zero-order valence-corrected chi connectivity index (χ0v) is 19.4. The maximum Gasteiger partial charge on any atom is 0.508 e. The number of nitrogens with zero attached hydrogens (tertiary/aromatic N) is 6. The second-order valence-electron chi connectivity index (χ2n) is 9.21. The van der Waals surface area contributed by atoms with Crippen molar-refractivity contribution in [3.8, 4) is 6.07 Å². The molecule has 12 nitrogen and oxygen atoms in total. The Bertz CT molecular complexity index is 1170. The van der Waals surface area contributed by atoms with Crippen LogP contribution in [0.1, 0.15) is 32.4 Å². The lowest BCUT2D eigenvalue weighted by Crippen LogP contribution is -2.40. The first-order valence-corrected chi connectivity index (χ1v) is 11.0. The van der Waals surface area contributed by atoms with Gasteiger partial charge in [0.2, 0.25) is 5.60 Å². The van der Waals surface area contributed by atoms with Crippen LogP contribution in [-0.4, -0.2) is 82.9 Å². The molecule has 2 aliphatic heterocycles. The fourth-order valence-electron chi connectivity index (χ4n) is 4.21. The Morgan fingerprint density at radius 1 is 1.35 bits per heavy atom. The van der Waals surface area contributed by atoms with Crippen molar-refractivity contribution in [3.63, 3.8) is 0 Å². The molecular formula is C22H26N6O6. The van der Waals surface area contributed by atoms with E-state index in [9.17, 15) is 10.1 Å². The predicted octanol–water partition coefficient (Wildman–Crippen LogP) is 1.90. The van der Waals surface area contributed by atoms with Crippen LogP contribution in [0.15, 0.2) is 23.5 Å². The summed E-state index contributed by atoms with van der Waals surface area (Å²) in [6.45, 7) is 3.38. The highest BCUT2D eigenvalue weighted by Gasteiger charge is 2.65. The van der Waals surface area contributed by atoms with Crippen molar-refractivity contribution in [3.05, 3.63) is 24.2 Å². The summed E-state index contributed by atoms with van der Waals surface area (Å²) in [6.07, 6.45) is 1.63. The molecule has 1 aliphatic carbocycles. The molecule has 0 amide bonds. The number of hydrogen-bond donors (Lipinski definition) is 0. The molecule has 5 rings (SSSR count). The lowest BCUT2D eigenvalue weighted by Gasteiger charge is -2.28.